The molecule has 1 aliphatic carbocycles. The van der Waals surface area contributed by atoms with Crippen molar-refractivity contribution in [1.29, 1.82) is 0 Å². The number of rotatable bonds is 8. The Balaban J connectivity index is 1.54. The molecule has 4 rings (SSSR count). The van der Waals surface area contributed by atoms with Crippen molar-refractivity contribution in [2.24, 2.45) is 0 Å². The van der Waals surface area contributed by atoms with E-state index in [1.165, 1.54) is 5.56 Å². The first-order valence-corrected chi connectivity index (χ1v) is 11.3. The normalized spacial score (nSPS) is 12.7. The van der Waals surface area contributed by atoms with Crippen molar-refractivity contribution >= 4 is 17.5 Å². The summed E-state index contributed by atoms with van der Waals surface area (Å²) in [5.41, 5.74) is 4.95. The van der Waals surface area contributed by atoms with Crippen LogP contribution in [-0.2, 0) is 19.4 Å². The number of halogens is 1. The van der Waals surface area contributed by atoms with E-state index < -0.39 is 0 Å². The van der Waals surface area contributed by atoms with E-state index in [2.05, 4.69) is 30.3 Å². The summed E-state index contributed by atoms with van der Waals surface area (Å²) in [6, 6.07) is 7.81. The maximum Gasteiger partial charge on any atom is 0.287 e. The van der Waals surface area contributed by atoms with Crippen molar-refractivity contribution < 1.29 is 9.21 Å². The Bertz CT molecular complexity index is 1080. The van der Waals surface area contributed by atoms with E-state index in [1.807, 2.05) is 35.9 Å². The molecule has 0 saturated carbocycles. The fraction of sp³-hybridized carbons (Fsp3) is 0.417. The lowest BCUT2D eigenvalue weighted by Gasteiger charge is -2.17. The third kappa shape index (κ3) is 4.41. The fourth-order valence-electron chi connectivity index (χ4n) is 4.21. The Morgan fingerprint density at radius 2 is 2.03 bits per heavy atom. The number of carbonyl (C=O) groups excluding carboxylic acids is 1. The van der Waals surface area contributed by atoms with Crippen molar-refractivity contribution in [3.8, 4) is 11.3 Å². The number of nitrogens with zero attached hydrogens (tertiary/aromatic N) is 3. The second-order valence-corrected chi connectivity index (χ2v) is 8.34. The molecule has 6 nitrogen and oxygen atoms in total. The first-order chi connectivity index (χ1) is 15.0. The number of fused-ring (bicyclic) bond motifs is 3. The van der Waals surface area contributed by atoms with Gasteiger partial charge in [-0.25, -0.2) is 0 Å². The molecule has 0 spiro atoms. The molecule has 164 valence electrons. The van der Waals surface area contributed by atoms with Gasteiger partial charge in [-0.1, -0.05) is 43.6 Å². The quantitative estimate of drug-likeness (QED) is 0.566. The van der Waals surface area contributed by atoms with E-state index in [-0.39, 0.29) is 5.91 Å². The molecule has 0 atom stereocenters. The summed E-state index contributed by atoms with van der Waals surface area (Å²) in [4.78, 5) is 15.0. The number of aryl methyl sites for hydroxylation is 2. The third-order valence-corrected chi connectivity index (χ3v) is 6.39. The lowest BCUT2D eigenvalue weighted by molar-refractivity contribution is 0.0918. The van der Waals surface area contributed by atoms with Gasteiger partial charge in [-0.05, 0) is 43.6 Å². The van der Waals surface area contributed by atoms with E-state index in [4.69, 9.17) is 21.1 Å². The molecule has 31 heavy (non-hydrogen) atoms. The SMILES string of the molecule is CCN(CC)CCNC(=O)c1oc2c(c1C)-c1nn(Cc3ccccc3Cl)cc1CC2. The molecule has 1 aliphatic rings. The van der Waals surface area contributed by atoms with Crippen molar-refractivity contribution in [3.05, 3.63) is 63.7 Å². The molecule has 2 heterocycles. The van der Waals surface area contributed by atoms with Gasteiger partial charge >= 0.3 is 0 Å². The van der Waals surface area contributed by atoms with Gasteiger partial charge < -0.3 is 14.6 Å². The summed E-state index contributed by atoms with van der Waals surface area (Å²) in [6.45, 7) is 10.2. The molecular formula is C24H29ClN4O2. The monoisotopic (exact) mass is 440 g/mol. The lowest BCUT2D eigenvalue weighted by atomic mass is 9.93. The number of carbonyl (C=O) groups is 1. The smallest absolute Gasteiger partial charge is 0.287 e. The highest BCUT2D eigenvalue weighted by molar-refractivity contribution is 6.31. The molecule has 1 N–H and O–H groups in total. The summed E-state index contributed by atoms with van der Waals surface area (Å²) < 4.78 is 7.94. The summed E-state index contributed by atoms with van der Waals surface area (Å²) in [5, 5.41) is 8.57. The van der Waals surface area contributed by atoms with Gasteiger partial charge in [0.05, 0.1) is 12.2 Å². The van der Waals surface area contributed by atoms with E-state index in [1.54, 1.807) is 0 Å². The Morgan fingerprint density at radius 1 is 1.26 bits per heavy atom. The van der Waals surface area contributed by atoms with Crippen LogP contribution in [0.25, 0.3) is 11.3 Å². The number of benzene rings is 1. The van der Waals surface area contributed by atoms with E-state index in [0.717, 1.165) is 65.6 Å². The van der Waals surface area contributed by atoms with Gasteiger partial charge in [-0.2, -0.15) is 5.10 Å². The van der Waals surface area contributed by atoms with Crippen molar-refractivity contribution in [2.75, 3.05) is 26.2 Å². The molecule has 7 heteroatoms. The second-order valence-electron chi connectivity index (χ2n) is 7.93. The summed E-state index contributed by atoms with van der Waals surface area (Å²) in [7, 11) is 0. The number of hydrogen-bond donors (Lipinski definition) is 1. The molecule has 0 saturated heterocycles. The van der Waals surface area contributed by atoms with Crippen molar-refractivity contribution in [1.82, 2.24) is 20.0 Å². The van der Waals surface area contributed by atoms with Gasteiger partial charge in [-0.15, -0.1) is 0 Å². The van der Waals surface area contributed by atoms with Crippen LogP contribution in [-0.4, -0.2) is 46.8 Å². The minimum Gasteiger partial charge on any atom is -0.455 e. The standard InChI is InChI=1S/C24H29ClN4O2/c1-4-28(5-2)13-12-26-24(30)23-16(3)21-20(31-23)11-10-18-15-29(27-22(18)21)14-17-8-6-7-9-19(17)25/h6-9,15H,4-5,10-14H2,1-3H3,(H,26,30). The Hall–Kier alpha value is -2.57. The summed E-state index contributed by atoms with van der Waals surface area (Å²) in [5.74, 6) is 1.09. The highest BCUT2D eigenvalue weighted by atomic mass is 35.5. The highest BCUT2D eigenvalue weighted by Gasteiger charge is 2.29. The summed E-state index contributed by atoms with van der Waals surface area (Å²) in [6.07, 6.45) is 3.70. The molecular weight excluding hydrogens is 412 g/mol. The molecule has 0 fully saturated rings. The van der Waals surface area contributed by atoms with Gasteiger partial charge in [0.2, 0.25) is 0 Å². The van der Waals surface area contributed by atoms with Gasteiger partial charge in [0.15, 0.2) is 5.76 Å². The molecule has 2 aromatic heterocycles. The zero-order valence-electron chi connectivity index (χ0n) is 18.4. The van der Waals surface area contributed by atoms with Crippen LogP contribution < -0.4 is 5.32 Å². The van der Waals surface area contributed by atoms with Crippen molar-refractivity contribution in [3.63, 3.8) is 0 Å². The zero-order chi connectivity index (χ0) is 22.0. The van der Waals surface area contributed by atoms with Crippen LogP contribution in [0.15, 0.2) is 34.9 Å². The Kier molecular flexibility index (Phi) is 6.49. The number of likely N-dealkylation sites (N-methyl/N-ethyl adjacent to an activating group) is 1. The molecule has 1 aromatic carbocycles. The van der Waals surface area contributed by atoms with Crippen LogP contribution in [0.2, 0.25) is 5.02 Å². The summed E-state index contributed by atoms with van der Waals surface area (Å²) >= 11 is 6.32. The Labute approximate surface area is 188 Å². The van der Waals surface area contributed by atoms with Gasteiger partial charge in [-0.3, -0.25) is 9.48 Å². The van der Waals surface area contributed by atoms with Crippen LogP contribution in [0, 0.1) is 6.92 Å². The fourth-order valence-corrected chi connectivity index (χ4v) is 4.41. The molecule has 0 unspecified atom stereocenters. The average Bonchev–Trinajstić information content (AvgIpc) is 3.33. The van der Waals surface area contributed by atoms with Gasteiger partial charge in [0.1, 0.15) is 5.76 Å². The van der Waals surface area contributed by atoms with Crippen molar-refractivity contribution in [2.45, 2.75) is 40.2 Å². The van der Waals surface area contributed by atoms with E-state index in [9.17, 15) is 4.79 Å². The Morgan fingerprint density at radius 3 is 2.77 bits per heavy atom. The van der Waals surface area contributed by atoms with E-state index in [0.29, 0.717) is 18.8 Å². The lowest BCUT2D eigenvalue weighted by Crippen LogP contribution is -2.34. The number of nitrogens with one attached hydrogen (secondary N) is 1. The predicted molar refractivity (Wildman–Crippen MR) is 123 cm³/mol. The molecule has 0 aliphatic heterocycles. The van der Waals surface area contributed by atoms with Gasteiger partial charge in [0, 0.05) is 41.9 Å². The third-order valence-electron chi connectivity index (χ3n) is 6.02. The van der Waals surface area contributed by atoms with E-state index >= 15 is 0 Å². The second kappa shape index (κ2) is 9.28. The molecule has 0 bridgehead atoms. The topological polar surface area (TPSA) is 63.3 Å². The van der Waals surface area contributed by atoms with Crippen LogP contribution in [0.5, 0.6) is 0 Å². The molecule has 0 radical (unpaired) electrons. The van der Waals surface area contributed by atoms with Crippen LogP contribution in [0.3, 0.4) is 0 Å². The van der Waals surface area contributed by atoms with Crippen LogP contribution >= 0.6 is 11.6 Å². The average molecular weight is 441 g/mol. The zero-order valence-corrected chi connectivity index (χ0v) is 19.1. The minimum atomic E-state index is -0.156. The predicted octanol–water partition coefficient (Wildman–Crippen LogP) is 4.32. The van der Waals surface area contributed by atoms with Gasteiger partial charge in [0.25, 0.3) is 5.91 Å². The first-order valence-electron chi connectivity index (χ1n) is 10.9. The minimum absolute atomic E-state index is 0.156. The molecule has 1 amide bonds. The number of hydrogen-bond acceptors (Lipinski definition) is 4. The number of furan rings is 1. The number of amides is 1. The maximum absolute atomic E-state index is 12.8. The highest BCUT2D eigenvalue weighted by Crippen LogP contribution is 2.38. The molecule has 3 aromatic rings. The largest absolute Gasteiger partial charge is 0.455 e. The van der Waals surface area contributed by atoms with Crippen LogP contribution in [0.1, 0.15) is 46.9 Å². The number of aromatic nitrogens is 2. The van der Waals surface area contributed by atoms with Crippen LogP contribution in [0.4, 0.5) is 0 Å². The maximum atomic E-state index is 12.8. The first kappa shape index (κ1) is 21.7.